The molecule has 0 aromatic carbocycles. The van der Waals surface area contributed by atoms with Crippen LogP contribution in [0.4, 0.5) is 10.8 Å². The van der Waals surface area contributed by atoms with Gasteiger partial charge in [-0.05, 0) is 46.1 Å². The van der Waals surface area contributed by atoms with Gasteiger partial charge in [0.2, 0.25) is 16.0 Å². The lowest BCUT2D eigenvalue weighted by atomic mass is 9.35. The Morgan fingerprint density at radius 1 is 1.33 bits per heavy atom. The zero-order chi connectivity index (χ0) is 23.6. The highest BCUT2D eigenvalue weighted by Crippen LogP contribution is 2.72. The molecule has 3 aromatic heterocycles. The summed E-state index contributed by atoms with van der Waals surface area (Å²) >= 11 is 1.14. The van der Waals surface area contributed by atoms with E-state index < -0.39 is 17.1 Å². The van der Waals surface area contributed by atoms with E-state index >= 15 is 0 Å². The van der Waals surface area contributed by atoms with Gasteiger partial charge in [-0.3, -0.25) is 10.1 Å². The molecule has 3 aliphatic rings. The van der Waals surface area contributed by atoms with Crippen molar-refractivity contribution in [2.45, 2.75) is 51.2 Å². The quantitative estimate of drug-likeness (QED) is 0.472. The predicted octanol–water partition coefficient (Wildman–Crippen LogP) is 2.35. The van der Waals surface area contributed by atoms with Crippen LogP contribution in [0.1, 0.15) is 49.4 Å². The van der Waals surface area contributed by atoms with Crippen molar-refractivity contribution in [2.24, 2.45) is 5.41 Å². The highest BCUT2D eigenvalue weighted by atomic mass is 32.1. The molecule has 0 radical (unpaired) electrons. The fourth-order valence-electron chi connectivity index (χ4n) is 4.82. The summed E-state index contributed by atoms with van der Waals surface area (Å²) < 4.78 is 12.0. The first-order valence-electron chi connectivity index (χ1n) is 10.4. The van der Waals surface area contributed by atoms with Crippen molar-refractivity contribution in [1.82, 2.24) is 20.0 Å². The van der Waals surface area contributed by atoms with E-state index in [-0.39, 0.29) is 27.6 Å². The molecule has 33 heavy (non-hydrogen) atoms. The topological polar surface area (TPSA) is 144 Å². The normalized spacial score (nSPS) is 23.4. The maximum absolute atomic E-state index is 12.8. The molecule has 0 saturated heterocycles. The van der Waals surface area contributed by atoms with E-state index in [0.29, 0.717) is 10.8 Å². The van der Waals surface area contributed by atoms with Crippen LogP contribution in [0.25, 0.3) is 5.13 Å². The van der Waals surface area contributed by atoms with Gasteiger partial charge in [0.25, 0.3) is 5.91 Å². The van der Waals surface area contributed by atoms with Gasteiger partial charge in [-0.1, -0.05) is 11.3 Å². The fraction of sp³-hybridized carbons (Fsp3) is 0.476. The van der Waals surface area contributed by atoms with Crippen LogP contribution in [-0.2, 0) is 0 Å². The maximum Gasteiger partial charge on any atom is 0.381 e. The van der Waals surface area contributed by atoms with Gasteiger partial charge in [-0.15, -0.1) is 10.2 Å². The second-order valence-electron chi connectivity index (χ2n) is 9.35. The van der Waals surface area contributed by atoms with E-state index in [9.17, 15) is 14.7 Å². The molecule has 3 aliphatic carbocycles. The largest absolute Gasteiger partial charge is 0.488 e. The minimum atomic E-state index is -0.767. The Morgan fingerprint density at radius 2 is 2.06 bits per heavy atom. The Morgan fingerprint density at radius 3 is 2.67 bits per heavy atom. The summed E-state index contributed by atoms with van der Waals surface area (Å²) in [6.07, 6.45) is 3.96. The van der Waals surface area contributed by atoms with Gasteiger partial charge in [0.1, 0.15) is 0 Å². The van der Waals surface area contributed by atoms with Crippen molar-refractivity contribution in [3.63, 3.8) is 0 Å². The molecule has 3 heterocycles. The molecule has 1 amide bonds. The minimum absolute atomic E-state index is 0.000873. The van der Waals surface area contributed by atoms with Gasteiger partial charge in [0.15, 0.2) is 5.76 Å². The summed E-state index contributed by atoms with van der Waals surface area (Å²) in [6, 6.07) is 3.28. The number of aromatic nitrogens is 4. The van der Waals surface area contributed by atoms with Crippen LogP contribution in [0.5, 0.6) is 5.75 Å². The second-order valence-corrected chi connectivity index (χ2v) is 10.3. The molecule has 6 rings (SSSR count). The van der Waals surface area contributed by atoms with E-state index in [1.54, 1.807) is 10.9 Å². The monoisotopic (exact) mass is 472 g/mol. The number of aryl methyl sites for hydroxylation is 1. The Bertz CT molecular complexity index is 1280. The van der Waals surface area contributed by atoms with Gasteiger partial charge in [-0.2, -0.15) is 5.10 Å². The standard InChI is InChI=1S/C21H24N6O5S/c1-11-5-6-22-27(11)18-26-25-17(33-18)23-15(28)13-7-12(14(31-4)16(29)32-13)24-21-8-20(9-21,10-21)19(2,3)30/h5-7,24,30H,8-10H2,1-4H3,(H,23,25,28). The van der Waals surface area contributed by atoms with Crippen LogP contribution in [0.3, 0.4) is 0 Å². The summed E-state index contributed by atoms with van der Waals surface area (Å²) in [7, 11) is 1.37. The van der Waals surface area contributed by atoms with Crippen molar-refractivity contribution in [2.75, 3.05) is 17.7 Å². The summed E-state index contributed by atoms with van der Waals surface area (Å²) in [4.78, 5) is 25.3. The van der Waals surface area contributed by atoms with E-state index in [1.807, 2.05) is 26.8 Å². The molecule has 11 nitrogen and oxygen atoms in total. The predicted molar refractivity (Wildman–Crippen MR) is 120 cm³/mol. The summed E-state index contributed by atoms with van der Waals surface area (Å²) in [5.41, 5.74) is -0.619. The maximum atomic E-state index is 12.8. The van der Waals surface area contributed by atoms with Gasteiger partial charge in [0, 0.05) is 28.9 Å². The van der Waals surface area contributed by atoms with Gasteiger partial charge in [-0.25, -0.2) is 9.48 Å². The number of aliphatic hydroxyl groups is 1. The highest BCUT2D eigenvalue weighted by Gasteiger charge is 2.73. The summed E-state index contributed by atoms with van der Waals surface area (Å²) in [5.74, 6) is -0.816. The third kappa shape index (κ3) is 3.40. The van der Waals surface area contributed by atoms with Gasteiger partial charge >= 0.3 is 5.63 Å². The van der Waals surface area contributed by atoms with Gasteiger partial charge in [0.05, 0.1) is 18.4 Å². The summed E-state index contributed by atoms with van der Waals surface area (Å²) in [6.45, 7) is 5.52. The minimum Gasteiger partial charge on any atom is -0.488 e. The number of amides is 1. The highest BCUT2D eigenvalue weighted by molar-refractivity contribution is 7.17. The van der Waals surface area contributed by atoms with E-state index in [1.165, 1.54) is 13.2 Å². The molecule has 2 bridgehead atoms. The number of nitrogens with zero attached hydrogens (tertiary/aromatic N) is 4. The van der Waals surface area contributed by atoms with Crippen LogP contribution in [0.2, 0.25) is 0 Å². The van der Waals surface area contributed by atoms with Crippen molar-refractivity contribution < 1.29 is 19.1 Å². The SMILES string of the molecule is COc1c(NC23CC(C(C)(C)O)(C2)C3)cc(C(=O)Nc2nnc(-n3nccc3C)s2)oc1=O. The second kappa shape index (κ2) is 7.12. The van der Waals surface area contributed by atoms with Crippen LogP contribution in [0.15, 0.2) is 27.5 Å². The van der Waals surface area contributed by atoms with E-state index in [4.69, 9.17) is 9.15 Å². The Kier molecular flexibility index (Phi) is 4.66. The number of carbonyl (C=O) groups excluding carboxylic acids is 1. The molecular weight excluding hydrogens is 448 g/mol. The number of ether oxygens (including phenoxy) is 1. The molecule has 3 N–H and O–H groups in total. The van der Waals surface area contributed by atoms with Crippen molar-refractivity contribution >= 4 is 28.1 Å². The first-order chi connectivity index (χ1) is 15.5. The lowest BCUT2D eigenvalue weighted by molar-refractivity contribution is -0.230. The fourth-order valence-corrected chi connectivity index (χ4v) is 5.57. The van der Waals surface area contributed by atoms with Crippen LogP contribution in [-0.4, -0.2) is 49.2 Å². The molecule has 12 heteroatoms. The number of nitrogens with one attached hydrogen (secondary N) is 2. The van der Waals surface area contributed by atoms with Crippen LogP contribution < -0.4 is 21.0 Å². The number of hydrogen-bond acceptors (Lipinski definition) is 10. The van der Waals surface area contributed by atoms with Crippen LogP contribution in [0, 0.1) is 12.3 Å². The zero-order valence-corrected chi connectivity index (χ0v) is 19.4. The molecule has 0 aliphatic heterocycles. The first-order valence-corrected chi connectivity index (χ1v) is 11.3. The molecule has 0 spiro atoms. The van der Waals surface area contributed by atoms with Crippen molar-refractivity contribution in [1.29, 1.82) is 0 Å². The average molecular weight is 473 g/mol. The molecule has 3 aromatic rings. The lowest BCUT2D eigenvalue weighted by Crippen LogP contribution is -2.77. The van der Waals surface area contributed by atoms with Gasteiger partial charge < -0.3 is 19.6 Å². The third-order valence-corrected chi connectivity index (χ3v) is 7.53. The Hall–Kier alpha value is -3.25. The van der Waals surface area contributed by atoms with E-state index in [2.05, 4.69) is 25.9 Å². The molecule has 174 valence electrons. The number of rotatable bonds is 7. The third-order valence-electron chi connectivity index (χ3n) is 6.71. The molecule has 3 saturated carbocycles. The number of hydrogen-bond donors (Lipinski definition) is 3. The van der Waals surface area contributed by atoms with E-state index in [0.717, 1.165) is 36.3 Å². The number of carbonyl (C=O) groups is 1. The Labute approximate surface area is 192 Å². The average Bonchev–Trinajstić information content (AvgIpc) is 3.30. The smallest absolute Gasteiger partial charge is 0.381 e. The Balaban J connectivity index is 1.35. The van der Waals surface area contributed by atoms with Crippen molar-refractivity contribution in [3.8, 4) is 10.9 Å². The number of anilines is 2. The van der Waals surface area contributed by atoms with Crippen LogP contribution >= 0.6 is 11.3 Å². The molecule has 0 unspecified atom stereocenters. The number of methoxy groups -OCH3 is 1. The molecular formula is C21H24N6O5S. The lowest BCUT2D eigenvalue weighted by Gasteiger charge is -2.74. The summed E-state index contributed by atoms with van der Waals surface area (Å²) in [5, 5.41) is 29.3. The zero-order valence-electron chi connectivity index (χ0n) is 18.6. The molecule has 3 fully saturated rings. The molecule has 0 atom stereocenters. The van der Waals surface area contributed by atoms with Crippen molar-refractivity contribution in [3.05, 3.63) is 40.2 Å². The first kappa shape index (κ1) is 21.6.